The average molecular weight is 320 g/mol. The predicted octanol–water partition coefficient (Wildman–Crippen LogP) is 4.45. The Kier molecular flexibility index (Phi) is 4.31. The number of anilines is 1. The zero-order valence-electron chi connectivity index (χ0n) is 12.7. The highest BCUT2D eigenvalue weighted by atomic mass is 19.4. The van der Waals surface area contributed by atoms with E-state index >= 15 is 0 Å². The maximum absolute atomic E-state index is 13.2. The second-order valence-electron chi connectivity index (χ2n) is 6.04. The van der Waals surface area contributed by atoms with E-state index in [1.165, 1.54) is 6.07 Å². The molecule has 5 heteroatoms. The molecule has 1 aliphatic carbocycles. The van der Waals surface area contributed by atoms with Crippen LogP contribution in [0.15, 0.2) is 48.5 Å². The molecule has 0 bridgehead atoms. The molecule has 2 N–H and O–H groups in total. The van der Waals surface area contributed by atoms with Gasteiger partial charge in [-0.05, 0) is 42.2 Å². The number of hydrogen-bond acceptors (Lipinski definition) is 2. The van der Waals surface area contributed by atoms with E-state index in [-0.39, 0.29) is 0 Å². The Hall–Kier alpha value is -2.01. The van der Waals surface area contributed by atoms with Gasteiger partial charge in [0, 0.05) is 24.8 Å². The average Bonchev–Trinajstić information content (AvgIpc) is 3.31. The van der Waals surface area contributed by atoms with E-state index in [2.05, 4.69) is 4.90 Å². The van der Waals surface area contributed by atoms with Crippen molar-refractivity contribution in [1.82, 2.24) is 4.90 Å². The number of alkyl halides is 3. The van der Waals surface area contributed by atoms with Gasteiger partial charge in [0.05, 0.1) is 5.56 Å². The molecule has 0 radical (unpaired) electrons. The molecule has 23 heavy (non-hydrogen) atoms. The van der Waals surface area contributed by atoms with Gasteiger partial charge in [0.1, 0.15) is 0 Å². The zero-order valence-corrected chi connectivity index (χ0v) is 12.7. The fourth-order valence-electron chi connectivity index (χ4n) is 2.83. The van der Waals surface area contributed by atoms with Crippen LogP contribution in [0.3, 0.4) is 0 Å². The van der Waals surface area contributed by atoms with E-state index in [0.29, 0.717) is 30.4 Å². The van der Waals surface area contributed by atoms with Crippen molar-refractivity contribution in [2.75, 3.05) is 5.73 Å². The first-order valence-corrected chi connectivity index (χ1v) is 7.67. The Morgan fingerprint density at radius 2 is 1.74 bits per heavy atom. The van der Waals surface area contributed by atoms with Crippen molar-refractivity contribution >= 4 is 5.69 Å². The van der Waals surface area contributed by atoms with Crippen LogP contribution in [-0.4, -0.2) is 10.9 Å². The van der Waals surface area contributed by atoms with Gasteiger partial charge in [0.2, 0.25) is 0 Å². The van der Waals surface area contributed by atoms with Gasteiger partial charge in [-0.15, -0.1) is 0 Å². The maximum atomic E-state index is 13.2. The number of nitrogens with zero attached hydrogens (tertiary/aromatic N) is 1. The van der Waals surface area contributed by atoms with E-state index in [4.69, 9.17) is 5.73 Å². The quantitative estimate of drug-likeness (QED) is 0.825. The minimum Gasteiger partial charge on any atom is -0.399 e. The van der Waals surface area contributed by atoms with Gasteiger partial charge in [-0.1, -0.05) is 30.3 Å². The van der Waals surface area contributed by atoms with Crippen LogP contribution >= 0.6 is 0 Å². The summed E-state index contributed by atoms with van der Waals surface area (Å²) in [7, 11) is 0. The van der Waals surface area contributed by atoms with Gasteiger partial charge < -0.3 is 5.73 Å². The van der Waals surface area contributed by atoms with E-state index in [1.54, 1.807) is 12.1 Å². The maximum Gasteiger partial charge on any atom is 0.416 e. The molecule has 0 saturated heterocycles. The molecule has 0 heterocycles. The number of nitrogens with two attached hydrogens (primary N) is 1. The third kappa shape index (κ3) is 4.05. The molecule has 1 aliphatic rings. The van der Waals surface area contributed by atoms with Gasteiger partial charge in [-0.3, -0.25) is 4.90 Å². The monoisotopic (exact) mass is 320 g/mol. The molecule has 2 nitrogen and oxygen atoms in total. The van der Waals surface area contributed by atoms with Crippen LogP contribution in [0.2, 0.25) is 0 Å². The van der Waals surface area contributed by atoms with Crippen molar-refractivity contribution < 1.29 is 13.2 Å². The van der Waals surface area contributed by atoms with Crippen LogP contribution in [0.5, 0.6) is 0 Å². The van der Waals surface area contributed by atoms with E-state index in [0.717, 1.165) is 24.5 Å². The highest BCUT2D eigenvalue weighted by Gasteiger charge is 2.35. The summed E-state index contributed by atoms with van der Waals surface area (Å²) in [6, 6.07) is 13.7. The minimum absolute atomic E-state index is 0.301. The summed E-state index contributed by atoms with van der Waals surface area (Å²) in [5.74, 6) is 0. The molecule has 3 rings (SSSR count). The van der Waals surface area contributed by atoms with Gasteiger partial charge in [0.25, 0.3) is 0 Å². The lowest BCUT2D eigenvalue weighted by molar-refractivity contribution is -0.138. The normalized spacial score (nSPS) is 15.1. The molecule has 1 fully saturated rings. The zero-order chi connectivity index (χ0) is 16.4. The Morgan fingerprint density at radius 3 is 2.39 bits per heavy atom. The molecule has 2 aromatic carbocycles. The fourth-order valence-corrected chi connectivity index (χ4v) is 2.83. The standard InChI is InChI=1S/C18H19F3N2/c19-18(20,21)17-7-2-1-5-14(17)12-23(16-8-9-16)11-13-4-3-6-15(22)10-13/h1-7,10,16H,8-9,11-12,22H2. The summed E-state index contributed by atoms with van der Waals surface area (Å²) in [4.78, 5) is 2.11. The second-order valence-corrected chi connectivity index (χ2v) is 6.04. The second kappa shape index (κ2) is 6.24. The largest absolute Gasteiger partial charge is 0.416 e. The van der Waals surface area contributed by atoms with Crippen LogP contribution in [0.4, 0.5) is 18.9 Å². The Balaban J connectivity index is 1.81. The van der Waals surface area contributed by atoms with Crippen molar-refractivity contribution in [2.45, 2.75) is 38.1 Å². The molecule has 0 spiro atoms. The van der Waals surface area contributed by atoms with E-state index in [1.807, 2.05) is 24.3 Å². The van der Waals surface area contributed by atoms with Gasteiger partial charge in [-0.25, -0.2) is 0 Å². The van der Waals surface area contributed by atoms with Gasteiger partial charge >= 0.3 is 6.18 Å². The smallest absolute Gasteiger partial charge is 0.399 e. The molecular formula is C18H19F3N2. The van der Waals surface area contributed by atoms with E-state index in [9.17, 15) is 13.2 Å². The fraction of sp³-hybridized carbons (Fsp3) is 0.333. The first kappa shape index (κ1) is 15.9. The van der Waals surface area contributed by atoms with Crippen LogP contribution in [0, 0.1) is 0 Å². The molecule has 0 atom stereocenters. The lowest BCUT2D eigenvalue weighted by atomic mass is 10.1. The Morgan fingerprint density at radius 1 is 1.00 bits per heavy atom. The molecule has 122 valence electrons. The number of rotatable bonds is 5. The first-order valence-electron chi connectivity index (χ1n) is 7.67. The van der Waals surface area contributed by atoms with Crippen molar-refractivity contribution in [3.8, 4) is 0 Å². The van der Waals surface area contributed by atoms with Crippen molar-refractivity contribution in [3.05, 3.63) is 65.2 Å². The van der Waals surface area contributed by atoms with Gasteiger partial charge in [-0.2, -0.15) is 13.2 Å². The number of benzene rings is 2. The van der Waals surface area contributed by atoms with Crippen LogP contribution in [0.25, 0.3) is 0 Å². The molecule has 1 saturated carbocycles. The molecule has 0 amide bonds. The van der Waals surface area contributed by atoms with Crippen LogP contribution < -0.4 is 5.73 Å². The van der Waals surface area contributed by atoms with Crippen molar-refractivity contribution in [2.24, 2.45) is 0 Å². The summed E-state index contributed by atoms with van der Waals surface area (Å²) in [5, 5.41) is 0. The molecule has 2 aromatic rings. The SMILES string of the molecule is Nc1cccc(CN(Cc2ccccc2C(F)(F)F)C2CC2)c1. The van der Waals surface area contributed by atoms with E-state index < -0.39 is 11.7 Å². The van der Waals surface area contributed by atoms with Crippen molar-refractivity contribution in [3.63, 3.8) is 0 Å². The summed E-state index contributed by atoms with van der Waals surface area (Å²) in [6.07, 6.45) is -2.24. The number of halogens is 3. The number of nitrogen functional groups attached to an aromatic ring is 1. The highest BCUT2D eigenvalue weighted by Crippen LogP contribution is 2.35. The summed E-state index contributed by atoms with van der Waals surface area (Å²) >= 11 is 0. The van der Waals surface area contributed by atoms with Crippen LogP contribution in [0.1, 0.15) is 29.5 Å². The summed E-state index contributed by atoms with van der Waals surface area (Å²) in [6.45, 7) is 0.914. The molecule has 0 aromatic heterocycles. The first-order chi connectivity index (χ1) is 10.9. The van der Waals surface area contributed by atoms with Crippen molar-refractivity contribution in [1.29, 1.82) is 0 Å². The molecule has 0 aliphatic heterocycles. The predicted molar refractivity (Wildman–Crippen MR) is 84.6 cm³/mol. The third-order valence-electron chi connectivity index (χ3n) is 4.10. The summed E-state index contributed by atoms with van der Waals surface area (Å²) in [5.41, 5.74) is 7.28. The van der Waals surface area contributed by atoms with Gasteiger partial charge in [0.15, 0.2) is 0 Å². The topological polar surface area (TPSA) is 29.3 Å². The molecule has 0 unspecified atom stereocenters. The molecular weight excluding hydrogens is 301 g/mol. The Labute approximate surface area is 133 Å². The third-order valence-corrected chi connectivity index (χ3v) is 4.10. The Bertz CT molecular complexity index is 678. The highest BCUT2D eigenvalue weighted by molar-refractivity contribution is 5.40. The summed E-state index contributed by atoms with van der Waals surface area (Å²) < 4.78 is 39.5. The lowest BCUT2D eigenvalue weighted by Gasteiger charge is -2.24. The minimum atomic E-state index is -4.32. The number of hydrogen-bond donors (Lipinski definition) is 1. The lowest BCUT2D eigenvalue weighted by Crippen LogP contribution is -2.26. The van der Waals surface area contributed by atoms with Crippen LogP contribution in [-0.2, 0) is 19.3 Å².